The van der Waals surface area contributed by atoms with Crippen LogP contribution in [0.4, 0.5) is 5.69 Å². The van der Waals surface area contributed by atoms with Gasteiger partial charge in [-0.25, -0.2) is 0 Å². The summed E-state index contributed by atoms with van der Waals surface area (Å²) < 4.78 is 5.35. The van der Waals surface area contributed by atoms with Crippen LogP contribution in [-0.4, -0.2) is 31.4 Å². The van der Waals surface area contributed by atoms with Crippen molar-refractivity contribution < 1.29 is 19.1 Å². The fourth-order valence-electron chi connectivity index (χ4n) is 2.21. The Morgan fingerprint density at radius 2 is 1.69 bits per heavy atom. The Labute approximate surface area is 160 Å². The van der Waals surface area contributed by atoms with Gasteiger partial charge < -0.3 is 15.4 Å². The lowest BCUT2D eigenvalue weighted by molar-refractivity contribution is -0.140. The van der Waals surface area contributed by atoms with E-state index in [9.17, 15) is 14.4 Å². The highest BCUT2D eigenvalue weighted by molar-refractivity contribution is 9.10. The maximum atomic E-state index is 12.3. The molecule has 7 heteroatoms. The molecule has 0 bridgehead atoms. The van der Waals surface area contributed by atoms with Crippen LogP contribution in [0.5, 0.6) is 0 Å². The number of carbonyl (C=O) groups excluding carboxylic acids is 3. The van der Waals surface area contributed by atoms with Crippen LogP contribution in [0, 0.1) is 0 Å². The maximum Gasteiger partial charge on any atom is 0.305 e. The van der Waals surface area contributed by atoms with Crippen LogP contribution in [0.1, 0.15) is 33.6 Å². The lowest BCUT2D eigenvalue weighted by Gasteiger charge is -2.09. The monoisotopic (exact) mass is 418 g/mol. The van der Waals surface area contributed by atoms with E-state index in [4.69, 9.17) is 0 Å². The van der Waals surface area contributed by atoms with Gasteiger partial charge in [-0.05, 0) is 42.8 Å². The molecule has 0 spiro atoms. The van der Waals surface area contributed by atoms with E-state index < -0.39 is 0 Å². The van der Waals surface area contributed by atoms with E-state index in [1.807, 2.05) is 6.07 Å². The Balaban J connectivity index is 1.93. The molecule has 0 fully saturated rings. The molecule has 6 nitrogen and oxygen atoms in total. The van der Waals surface area contributed by atoms with Gasteiger partial charge in [-0.2, -0.15) is 0 Å². The van der Waals surface area contributed by atoms with Crippen LogP contribution in [0.3, 0.4) is 0 Å². The van der Waals surface area contributed by atoms with Gasteiger partial charge in [0.1, 0.15) is 0 Å². The molecule has 0 saturated carbocycles. The molecule has 0 aromatic heterocycles. The standard InChI is InChI=1S/C19H19BrN2O4/c1-26-17(23)9-4-10-21-18(24)14-6-3-8-16(12-14)22-19(25)13-5-2-7-15(20)11-13/h2-3,5-8,11-12H,4,9-10H2,1H3,(H,21,24)(H,22,25). The molecule has 136 valence electrons. The van der Waals surface area contributed by atoms with Crippen molar-refractivity contribution in [3.63, 3.8) is 0 Å². The first-order valence-corrected chi connectivity index (χ1v) is 8.81. The quantitative estimate of drug-likeness (QED) is 0.533. The van der Waals surface area contributed by atoms with Crippen molar-refractivity contribution >= 4 is 39.4 Å². The lowest BCUT2D eigenvalue weighted by atomic mass is 10.1. The van der Waals surface area contributed by atoms with Gasteiger partial charge in [-0.1, -0.05) is 28.1 Å². The van der Waals surface area contributed by atoms with Gasteiger partial charge in [0.05, 0.1) is 7.11 Å². The normalized spacial score (nSPS) is 10.1. The average Bonchev–Trinajstić information content (AvgIpc) is 2.65. The molecule has 0 radical (unpaired) electrons. The van der Waals surface area contributed by atoms with Gasteiger partial charge in [0.25, 0.3) is 11.8 Å². The second kappa shape index (κ2) is 9.72. The second-order valence-electron chi connectivity index (χ2n) is 5.48. The minimum atomic E-state index is -0.309. The van der Waals surface area contributed by atoms with Crippen molar-refractivity contribution in [2.75, 3.05) is 19.0 Å². The molecule has 2 aromatic rings. The van der Waals surface area contributed by atoms with Crippen molar-refractivity contribution in [2.45, 2.75) is 12.8 Å². The number of ether oxygens (including phenoxy) is 1. The summed E-state index contributed by atoms with van der Waals surface area (Å²) in [7, 11) is 1.33. The van der Waals surface area contributed by atoms with E-state index in [0.29, 0.717) is 29.8 Å². The minimum Gasteiger partial charge on any atom is -0.469 e. The van der Waals surface area contributed by atoms with Crippen molar-refractivity contribution in [1.82, 2.24) is 5.32 Å². The summed E-state index contributed by atoms with van der Waals surface area (Å²) in [5.41, 5.74) is 1.46. The zero-order chi connectivity index (χ0) is 18.9. The first-order valence-electron chi connectivity index (χ1n) is 8.01. The van der Waals surface area contributed by atoms with Gasteiger partial charge in [0.2, 0.25) is 0 Å². The molecule has 0 aliphatic heterocycles. The van der Waals surface area contributed by atoms with Gasteiger partial charge in [-0.3, -0.25) is 14.4 Å². The molecule has 0 unspecified atom stereocenters. The molecule has 2 rings (SSSR count). The van der Waals surface area contributed by atoms with Crippen LogP contribution < -0.4 is 10.6 Å². The highest BCUT2D eigenvalue weighted by atomic mass is 79.9. The summed E-state index contributed by atoms with van der Waals surface area (Å²) in [6.45, 7) is 0.364. The highest BCUT2D eigenvalue weighted by Gasteiger charge is 2.10. The van der Waals surface area contributed by atoms with Crippen LogP contribution in [0.25, 0.3) is 0 Å². The molecule has 0 aliphatic carbocycles. The number of anilines is 1. The topological polar surface area (TPSA) is 84.5 Å². The molecule has 0 heterocycles. The fraction of sp³-hybridized carbons (Fsp3) is 0.211. The zero-order valence-electron chi connectivity index (χ0n) is 14.3. The predicted octanol–water partition coefficient (Wildman–Crippen LogP) is 3.38. The number of rotatable bonds is 7. The molecule has 0 atom stereocenters. The smallest absolute Gasteiger partial charge is 0.305 e. The van der Waals surface area contributed by atoms with E-state index in [2.05, 4.69) is 31.3 Å². The van der Waals surface area contributed by atoms with Crippen molar-refractivity contribution in [1.29, 1.82) is 0 Å². The summed E-state index contributed by atoms with van der Waals surface area (Å²) in [5.74, 6) is -0.841. The number of halogens is 1. The first kappa shape index (κ1) is 19.7. The Bertz CT molecular complexity index is 808. The number of methoxy groups -OCH3 is 1. The number of benzene rings is 2. The summed E-state index contributed by atoms with van der Waals surface area (Å²) in [4.78, 5) is 35.5. The number of nitrogens with one attached hydrogen (secondary N) is 2. The van der Waals surface area contributed by atoms with Gasteiger partial charge in [0, 0.05) is 34.3 Å². The Morgan fingerprint density at radius 1 is 1.00 bits per heavy atom. The van der Waals surface area contributed by atoms with Crippen molar-refractivity contribution in [2.24, 2.45) is 0 Å². The van der Waals surface area contributed by atoms with Gasteiger partial charge in [0.15, 0.2) is 0 Å². The summed E-state index contributed by atoms with van der Waals surface area (Å²) in [6, 6.07) is 13.7. The molecular weight excluding hydrogens is 400 g/mol. The van der Waals surface area contributed by atoms with Crippen LogP contribution in [-0.2, 0) is 9.53 Å². The van der Waals surface area contributed by atoms with E-state index in [1.165, 1.54) is 7.11 Å². The molecule has 2 aromatic carbocycles. The SMILES string of the molecule is COC(=O)CCCNC(=O)c1cccc(NC(=O)c2cccc(Br)c2)c1. The fourth-order valence-corrected chi connectivity index (χ4v) is 2.61. The number of esters is 1. The first-order chi connectivity index (χ1) is 12.5. The number of amides is 2. The Hall–Kier alpha value is -2.67. The molecule has 0 saturated heterocycles. The number of carbonyl (C=O) groups is 3. The zero-order valence-corrected chi connectivity index (χ0v) is 15.8. The molecule has 2 N–H and O–H groups in total. The van der Waals surface area contributed by atoms with Crippen LogP contribution >= 0.6 is 15.9 Å². The lowest BCUT2D eigenvalue weighted by Crippen LogP contribution is -2.25. The third-order valence-corrected chi connectivity index (χ3v) is 4.03. The van der Waals surface area contributed by atoms with Gasteiger partial charge >= 0.3 is 5.97 Å². The molecule has 0 aliphatic rings. The maximum absolute atomic E-state index is 12.3. The van der Waals surface area contributed by atoms with Crippen LogP contribution in [0.2, 0.25) is 0 Å². The van der Waals surface area contributed by atoms with Crippen LogP contribution in [0.15, 0.2) is 53.0 Å². The third kappa shape index (κ3) is 6.00. The summed E-state index contributed by atoms with van der Waals surface area (Å²) in [5, 5.41) is 5.50. The minimum absolute atomic E-state index is 0.250. The van der Waals surface area contributed by atoms with Crippen molar-refractivity contribution in [3.8, 4) is 0 Å². The Kier molecular flexibility index (Phi) is 7.35. The molecular formula is C19H19BrN2O4. The molecule has 26 heavy (non-hydrogen) atoms. The van der Waals surface area contributed by atoms with E-state index in [1.54, 1.807) is 42.5 Å². The summed E-state index contributed by atoms with van der Waals surface area (Å²) >= 11 is 3.33. The third-order valence-electron chi connectivity index (χ3n) is 3.54. The number of hydrogen-bond acceptors (Lipinski definition) is 4. The van der Waals surface area contributed by atoms with E-state index in [-0.39, 0.29) is 24.2 Å². The van der Waals surface area contributed by atoms with E-state index in [0.717, 1.165) is 4.47 Å². The highest BCUT2D eigenvalue weighted by Crippen LogP contribution is 2.15. The van der Waals surface area contributed by atoms with Gasteiger partial charge in [-0.15, -0.1) is 0 Å². The predicted molar refractivity (Wildman–Crippen MR) is 102 cm³/mol. The molecule has 2 amide bonds. The number of hydrogen-bond donors (Lipinski definition) is 2. The second-order valence-corrected chi connectivity index (χ2v) is 6.40. The summed E-state index contributed by atoms with van der Waals surface area (Å²) in [6.07, 6.45) is 0.747. The van der Waals surface area contributed by atoms with Crippen molar-refractivity contribution in [3.05, 3.63) is 64.1 Å². The largest absolute Gasteiger partial charge is 0.469 e. The average molecular weight is 419 g/mol. The van der Waals surface area contributed by atoms with E-state index >= 15 is 0 Å². The Morgan fingerprint density at radius 3 is 2.38 bits per heavy atom.